The number of amides is 1. The third-order valence-corrected chi connectivity index (χ3v) is 11.8. The summed E-state index contributed by atoms with van der Waals surface area (Å²) in [5.74, 6) is 0.471. The summed E-state index contributed by atoms with van der Waals surface area (Å²) in [6, 6.07) is 1.72. The number of nitrogen functional groups attached to an aromatic ring is 1. The second kappa shape index (κ2) is 10.9. The Labute approximate surface area is 208 Å². The molecule has 1 aliphatic rings. The first-order valence-corrected chi connectivity index (χ1v) is 15.2. The average Bonchev–Trinajstić information content (AvgIpc) is 2.78. The van der Waals surface area contributed by atoms with Crippen molar-refractivity contribution in [1.82, 2.24) is 19.9 Å². The van der Waals surface area contributed by atoms with Gasteiger partial charge in [-0.3, -0.25) is 9.36 Å². The van der Waals surface area contributed by atoms with Crippen molar-refractivity contribution in [2.24, 2.45) is 0 Å². The minimum absolute atomic E-state index is 0.108. The maximum Gasteiger partial charge on any atom is 0.407 e. The van der Waals surface area contributed by atoms with E-state index in [1.165, 1.54) is 13.2 Å². The second-order valence-corrected chi connectivity index (χ2v) is 15.6. The summed E-state index contributed by atoms with van der Waals surface area (Å²) in [7, 11) is -0.474. The van der Waals surface area contributed by atoms with Crippen LogP contribution in [0.3, 0.4) is 0 Å². The fraction of sp³-hybridized carbons (Fsp3) is 0.667. The maximum absolute atomic E-state index is 12.8. The van der Waals surface area contributed by atoms with Crippen LogP contribution in [0.1, 0.15) is 52.9 Å². The van der Waals surface area contributed by atoms with Gasteiger partial charge in [0.15, 0.2) is 8.32 Å². The van der Waals surface area contributed by atoms with Gasteiger partial charge in [-0.1, -0.05) is 20.8 Å². The zero-order chi connectivity index (χ0) is 25.8. The minimum Gasteiger partial charge on any atom is -0.453 e. The van der Waals surface area contributed by atoms with Gasteiger partial charge in [0.2, 0.25) is 5.95 Å². The van der Waals surface area contributed by atoms with Crippen molar-refractivity contribution in [1.29, 1.82) is 0 Å². The Morgan fingerprint density at radius 3 is 2.51 bits per heavy atom. The molecule has 1 saturated carbocycles. The molecular weight excluding hydrogens is 464 g/mol. The number of pyridine rings is 1. The van der Waals surface area contributed by atoms with Crippen LogP contribution in [-0.2, 0) is 15.7 Å². The van der Waals surface area contributed by atoms with Crippen LogP contribution in [0.25, 0.3) is 11.0 Å². The third-order valence-electron chi connectivity index (χ3n) is 7.24. The Morgan fingerprint density at radius 1 is 1.23 bits per heavy atom. The predicted molar refractivity (Wildman–Crippen MR) is 141 cm³/mol. The van der Waals surface area contributed by atoms with Crippen LogP contribution < -0.4 is 21.9 Å². The Morgan fingerprint density at radius 2 is 1.89 bits per heavy atom. The van der Waals surface area contributed by atoms with Gasteiger partial charge >= 0.3 is 6.09 Å². The van der Waals surface area contributed by atoms with Crippen molar-refractivity contribution >= 4 is 37.1 Å². The second-order valence-electron chi connectivity index (χ2n) is 10.8. The zero-order valence-electron chi connectivity index (χ0n) is 21.8. The molecule has 0 atom stereocenters. The number of anilines is 2. The molecule has 0 bridgehead atoms. The number of alkyl carbamates (subject to hydrolysis) is 1. The van der Waals surface area contributed by atoms with Crippen LogP contribution in [0, 0.1) is 0 Å². The number of hydrogen-bond acceptors (Lipinski definition) is 8. The number of carbonyl (C=O) groups is 1. The molecule has 1 fully saturated rings. The highest BCUT2D eigenvalue weighted by molar-refractivity contribution is 6.74. The van der Waals surface area contributed by atoms with Crippen molar-refractivity contribution in [3.05, 3.63) is 22.6 Å². The number of fused-ring (bicyclic) bond motifs is 1. The van der Waals surface area contributed by atoms with Crippen LogP contribution in [0.2, 0.25) is 18.1 Å². The molecular formula is C24H40N6O4Si. The van der Waals surface area contributed by atoms with Gasteiger partial charge in [-0.2, -0.15) is 4.98 Å². The lowest BCUT2D eigenvalue weighted by Crippen LogP contribution is -2.41. The van der Waals surface area contributed by atoms with Crippen molar-refractivity contribution in [2.75, 3.05) is 24.8 Å². The summed E-state index contributed by atoms with van der Waals surface area (Å²) in [6.45, 7) is 12.2. The van der Waals surface area contributed by atoms with Gasteiger partial charge in [-0.15, -0.1) is 0 Å². The molecule has 2 aromatic rings. The van der Waals surface area contributed by atoms with E-state index in [0.717, 1.165) is 25.7 Å². The highest BCUT2D eigenvalue weighted by atomic mass is 28.4. The normalized spacial score (nSPS) is 18.9. The average molecular weight is 505 g/mol. The van der Waals surface area contributed by atoms with Crippen LogP contribution >= 0.6 is 0 Å². The Kier molecular flexibility index (Phi) is 8.42. The lowest BCUT2D eigenvalue weighted by Gasteiger charge is -2.36. The third kappa shape index (κ3) is 6.72. The number of nitrogens with zero attached hydrogens (tertiary/aromatic N) is 3. The van der Waals surface area contributed by atoms with Crippen LogP contribution in [0.15, 0.2) is 17.1 Å². The Balaban J connectivity index is 1.69. The molecule has 11 heteroatoms. The molecule has 4 N–H and O–H groups in total. The summed E-state index contributed by atoms with van der Waals surface area (Å²) < 4.78 is 12.6. The van der Waals surface area contributed by atoms with Crippen molar-refractivity contribution in [2.45, 2.75) is 89.6 Å². The number of nitrogens with one attached hydrogen (secondary N) is 2. The molecule has 10 nitrogen and oxygen atoms in total. The van der Waals surface area contributed by atoms with Gasteiger partial charge in [0.25, 0.3) is 5.56 Å². The van der Waals surface area contributed by atoms with Crippen molar-refractivity contribution in [3.8, 4) is 0 Å². The highest BCUT2D eigenvalue weighted by Crippen LogP contribution is 2.36. The molecule has 1 aliphatic carbocycles. The topological polar surface area (TPSA) is 133 Å². The smallest absolute Gasteiger partial charge is 0.407 e. The summed E-state index contributed by atoms with van der Waals surface area (Å²) in [5, 5.41) is 7.05. The van der Waals surface area contributed by atoms with Crippen LogP contribution in [0.4, 0.5) is 16.4 Å². The monoisotopic (exact) mass is 504 g/mol. The number of nitrogens with two attached hydrogens (primary N) is 1. The number of aryl methyl sites for hydroxylation is 1. The van der Waals surface area contributed by atoms with Crippen LogP contribution in [-0.4, -0.2) is 54.7 Å². The number of aromatic nitrogens is 3. The lowest BCUT2D eigenvalue weighted by atomic mass is 9.91. The van der Waals surface area contributed by atoms with E-state index >= 15 is 0 Å². The molecule has 2 aromatic heterocycles. The molecule has 0 aromatic carbocycles. The maximum atomic E-state index is 12.8. The van der Waals surface area contributed by atoms with Gasteiger partial charge < -0.3 is 25.5 Å². The molecule has 0 aliphatic heterocycles. The highest BCUT2D eigenvalue weighted by Gasteiger charge is 2.36. The first kappa shape index (κ1) is 26.9. The van der Waals surface area contributed by atoms with E-state index < -0.39 is 14.4 Å². The number of carbonyl (C=O) groups excluding carboxylic acids is 1. The molecule has 3 rings (SSSR count). The molecule has 1 amide bonds. The Hall–Kier alpha value is -2.66. The quantitative estimate of drug-likeness (QED) is 0.364. The van der Waals surface area contributed by atoms with Crippen LogP contribution in [0.5, 0.6) is 0 Å². The fourth-order valence-electron chi connectivity index (χ4n) is 4.02. The largest absolute Gasteiger partial charge is 0.453 e. The summed E-state index contributed by atoms with van der Waals surface area (Å²) in [6.07, 6.45) is 5.39. The fourth-order valence-corrected chi connectivity index (χ4v) is 5.11. The zero-order valence-corrected chi connectivity index (χ0v) is 22.8. The summed E-state index contributed by atoms with van der Waals surface area (Å²) in [4.78, 5) is 33.3. The first-order chi connectivity index (χ1) is 16.4. The number of methoxy groups -OCH3 is 1. The van der Waals surface area contributed by atoms with E-state index in [1.54, 1.807) is 10.8 Å². The summed E-state index contributed by atoms with van der Waals surface area (Å²) >= 11 is 0. The Bertz CT molecular complexity index is 1090. The van der Waals surface area contributed by atoms with Gasteiger partial charge in [-0.05, 0) is 50.2 Å². The minimum atomic E-state index is -1.84. The summed E-state index contributed by atoms with van der Waals surface area (Å²) in [5.41, 5.74) is 6.83. The van der Waals surface area contributed by atoms with Crippen molar-refractivity contribution < 1.29 is 14.0 Å². The standard InChI is InChI=1S/C24H40N6O4Si/c1-24(2,3)35(5,6)34-13-7-12-30-20(31)14-19(25)18-15-26-22(29-21(18)30)27-16-8-10-17(11-9-16)28-23(32)33-4/h14-17H,7-13,25H2,1-6H3,(H,28,32)(H,26,27,29)/t16-,17-. The van der Waals surface area contributed by atoms with Gasteiger partial charge in [-0.25, -0.2) is 9.78 Å². The van der Waals surface area contributed by atoms with Gasteiger partial charge in [0.1, 0.15) is 5.65 Å². The van der Waals surface area contributed by atoms with E-state index in [2.05, 4.69) is 59.2 Å². The van der Waals surface area contributed by atoms with E-state index in [9.17, 15) is 9.59 Å². The number of ether oxygens (including phenoxy) is 1. The number of rotatable bonds is 8. The predicted octanol–water partition coefficient (Wildman–Crippen LogP) is 3.86. The van der Waals surface area contributed by atoms with Gasteiger partial charge in [0, 0.05) is 43.2 Å². The SMILES string of the molecule is COC(=O)N[C@H]1CC[C@H](Nc2ncc3c(N)cc(=O)n(CCCO[Si](C)(C)C(C)(C)C)c3n2)CC1. The van der Waals surface area contributed by atoms with E-state index in [1.807, 2.05) is 0 Å². The molecule has 0 unspecified atom stereocenters. The molecule has 194 valence electrons. The lowest BCUT2D eigenvalue weighted by molar-refractivity contribution is 0.162. The number of hydrogen-bond donors (Lipinski definition) is 3. The molecule has 2 heterocycles. The molecule has 0 radical (unpaired) electrons. The van der Waals surface area contributed by atoms with E-state index in [0.29, 0.717) is 42.2 Å². The molecule has 35 heavy (non-hydrogen) atoms. The van der Waals surface area contributed by atoms with Crippen molar-refractivity contribution in [3.63, 3.8) is 0 Å². The van der Waals surface area contributed by atoms with Gasteiger partial charge in [0.05, 0.1) is 12.5 Å². The first-order valence-electron chi connectivity index (χ1n) is 12.3. The molecule has 0 saturated heterocycles. The molecule has 0 spiro atoms. The van der Waals surface area contributed by atoms with E-state index in [4.69, 9.17) is 10.2 Å². The van der Waals surface area contributed by atoms with E-state index in [-0.39, 0.29) is 22.7 Å².